The Morgan fingerprint density at radius 1 is 0.879 bits per heavy atom. The highest BCUT2D eigenvalue weighted by Gasteiger charge is 2.29. The number of hydrogen-bond donors (Lipinski definition) is 2. The molecule has 0 aliphatic heterocycles. The van der Waals surface area contributed by atoms with Crippen molar-refractivity contribution in [2.45, 2.75) is 31.4 Å². The standard InChI is InChI=1S/C27H27NO5/c29-26(30)25(15-8-16-32-17-19-9-2-1-3-10-19)28-27(31)33-18-24-22-13-6-4-11-20(22)21-12-5-7-14-23(21)24/h1-7,9-14,24-25H,8,15-18H2,(H,28,31)(H,29,30). The molecule has 3 aromatic rings. The highest BCUT2D eigenvalue weighted by Crippen LogP contribution is 2.44. The van der Waals surface area contributed by atoms with E-state index in [9.17, 15) is 14.7 Å². The summed E-state index contributed by atoms with van der Waals surface area (Å²) in [6.45, 7) is 1.02. The largest absolute Gasteiger partial charge is 0.480 e. The maximum absolute atomic E-state index is 12.4. The van der Waals surface area contributed by atoms with E-state index in [1.54, 1.807) is 0 Å². The summed E-state index contributed by atoms with van der Waals surface area (Å²) < 4.78 is 11.1. The molecular weight excluding hydrogens is 418 g/mol. The van der Waals surface area contributed by atoms with Crippen molar-refractivity contribution in [1.29, 1.82) is 0 Å². The predicted molar refractivity (Wildman–Crippen MR) is 125 cm³/mol. The van der Waals surface area contributed by atoms with E-state index in [0.29, 0.717) is 19.6 Å². The lowest BCUT2D eigenvalue weighted by Crippen LogP contribution is -2.41. The Balaban J connectivity index is 1.26. The van der Waals surface area contributed by atoms with E-state index in [4.69, 9.17) is 9.47 Å². The molecule has 0 aromatic heterocycles. The molecule has 0 saturated carbocycles. The lowest BCUT2D eigenvalue weighted by atomic mass is 9.98. The number of fused-ring (bicyclic) bond motifs is 3. The number of carbonyl (C=O) groups is 2. The van der Waals surface area contributed by atoms with Crippen LogP contribution in [0.2, 0.25) is 0 Å². The van der Waals surface area contributed by atoms with Crippen LogP contribution in [0, 0.1) is 0 Å². The minimum atomic E-state index is -1.09. The van der Waals surface area contributed by atoms with Gasteiger partial charge in [0, 0.05) is 12.5 Å². The number of nitrogens with one attached hydrogen (secondary N) is 1. The first kappa shape index (κ1) is 22.6. The number of carboxylic acids is 1. The summed E-state index contributed by atoms with van der Waals surface area (Å²) in [5.41, 5.74) is 5.56. The molecule has 0 bridgehead atoms. The van der Waals surface area contributed by atoms with Crippen molar-refractivity contribution >= 4 is 12.1 Å². The maximum atomic E-state index is 12.4. The molecule has 0 spiro atoms. The molecule has 1 atom stereocenters. The van der Waals surface area contributed by atoms with Gasteiger partial charge in [-0.1, -0.05) is 78.9 Å². The third-order valence-corrected chi connectivity index (χ3v) is 5.83. The number of aliphatic carboxylic acids is 1. The van der Waals surface area contributed by atoms with Crippen molar-refractivity contribution in [2.75, 3.05) is 13.2 Å². The smallest absolute Gasteiger partial charge is 0.407 e. The van der Waals surface area contributed by atoms with Gasteiger partial charge in [-0.2, -0.15) is 0 Å². The first-order valence-corrected chi connectivity index (χ1v) is 11.1. The average molecular weight is 446 g/mol. The molecule has 170 valence electrons. The summed E-state index contributed by atoms with van der Waals surface area (Å²) in [4.78, 5) is 24.0. The van der Waals surface area contributed by atoms with E-state index < -0.39 is 18.1 Å². The van der Waals surface area contributed by atoms with Crippen LogP contribution in [0.3, 0.4) is 0 Å². The van der Waals surface area contributed by atoms with E-state index in [1.807, 2.05) is 66.7 Å². The Hall–Kier alpha value is -3.64. The van der Waals surface area contributed by atoms with Crippen molar-refractivity contribution in [3.05, 3.63) is 95.6 Å². The third kappa shape index (κ3) is 5.59. The zero-order valence-electron chi connectivity index (χ0n) is 18.3. The number of ether oxygens (including phenoxy) is 2. The molecule has 6 nitrogen and oxygen atoms in total. The number of carbonyl (C=O) groups excluding carboxylic acids is 1. The van der Waals surface area contributed by atoms with Crippen molar-refractivity contribution in [3.8, 4) is 11.1 Å². The minimum absolute atomic E-state index is 0.0715. The van der Waals surface area contributed by atoms with E-state index in [0.717, 1.165) is 27.8 Å². The number of benzene rings is 3. The zero-order chi connectivity index (χ0) is 23.0. The predicted octanol–water partition coefficient (Wildman–Crippen LogP) is 4.98. The first-order valence-electron chi connectivity index (χ1n) is 11.1. The Morgan fingerprint density at radius 2 is 1.48 bits per heavy atom. The summed E-state index contributed by atoms with van der Waals surface area (Å²) in [6.07, 6.45) is 0.0383. The van der Waals surface area contributed by atoms with Crippen LogP contribution in [-0.4, -0.2) is 36.4 Å². The summed E-state index contributed by atoms with van der Waals surface area (Å²) >= 11 is 0. The highest BCUT2D eigenvalue weighted by molar-refractivity contribution is 5.81. The molecule has 1 unspecified atom stereocenters. The second kappa shape index (κ2) is 10.8. The van der Waals surface area contributed by atoms with Crippen LogP contribution >= 0.6 is 0 Å². The quantitative estimate of drug-likeness (QED) is 0.430. The van der Waals surface area contributed by atoms with Crippen LogP contribution < -0.4 is 5.32 Å². The van der Waals surface area contributed by atoms with Crippen LogP contribution in [0.4, 0.5) is 4.79 Å². The van der Waals surface area contributed by atoms with Gasteiger partial charge < -0.3 is 19.9 Å². The maximum Gasteiger partial charge on any atom is 0.407 e. The zero-order valence-corrected chi connectivity index (χ0v) is 18.3. The summed E-state index contributed by atoms with van der Waals surface area (Å²) in [5.74, 6) is -1.16. The van der Waals surface area contributed by atoms with Gasteiger partial charge in [0.25, 0.3) is 0 Å². The Labute approximate surface area is 193 Å². The molecular formula is C27H27NO5. The monoisotopic (exact) mass is 445 g/mol. The molecule has 1 aliphatic rings. The van der Waals surface area contributed by atoms with Gasteiger partial charge in [-0.3, -0.25) is 0 Å². The first-order chi connectivity index (χ1) is 16.1. The van der Waals surface area contributed by atoms with Crippen LogP contribution in [0.1, 0.15) is 35.4 Å². The SMILES string of the molecule is O=C(NC(CCCOCc1ccccc1)C(=O)O)OCC1c2ccccc2-c2ccccc21. The van der Waals surface area contributed by atoms with Gasteiger partial charge in [0.05, 0.1) is 6.61 Å². The van der Waals surface area contributed by atoms with Crippen LogP contribution in [0.25, 0.3) is 11.1 Å². The fourth-order valence-electron chi connectivity index (χ4n) is 4.19. The second-order valence-electron chi connectivity index (χ2n) is 8.04. The fourth-order valence-corrected chi connectivity index (χ4v) is 4.19. The lowest BCUT2D eigenvalue weighted by molar-refractivity contribution is -0.139. The van der Waals surface area contributed by atoms with Gasteiger partial charge in [0.1, 0.15) is 12.6 Å². The highest BCUT2D eigenvalue weighted by atomic mass is 16.5. The molecule has 0 fully saturated rings. The number of amides is 1. The lowest BCUT2D eigenvalue weighted by Gasteiger charge is -2.17. The van der Waals surface area contributed by atoms with E-state index in [2.05, 4.69) is 17.4 Å². The van der Waals surface area contributed by atoms with Crippen molar-refractivity contribution in [1.82, 2.24) is 5.32 Å². The molecule has 1 amide bonds. The Bertz CT molecular complexity index is 1050. The van der Waals surface area contributed by atoms with E-state index >= 15 is 0 Å². The van der Waals surface area contributed by atoms with Gasteiger partial charge >= 0.3 is 12.1 Å². The summed E-state index contributed by atoms with van der Waals surface area (Å²) in [5, 5.41) is 12.0. The Morgan fingerprint density at radius 3 is 2.12 bits per heavy atom. The average Bonchev–Trinajstić information content (AvgIpc) is 3.16. The number of carboxylic acid groups (broad SMARTS) is 1. The molecule has 0 heterocycles. The van der Waals surface area contributed by atoms with E-state index in [1.165, 1.54) is 0 Å². The summed E-state index contributed by atoms with van der Waals surface area (Å²) in [7, 11) is 0. The second-order valence-corrected chi connectivity index (χ2v) is 8.04. The molecule has 2 N–H and O–H groups in total. The number of hydrogen-bond acceptors (Lipinski definition) is 4. The van der Waals surface area contributed by atoms with Crippen molar-refractivity contribution < 1.29 is 24.2 Å². The third-order valence-electron chi connectivity index (χ3n) is 5.83. The van der Waals surface area contributed by atoms with Crippen molar-refractivity contribution in [2.24, 2.45) is 0 Å². The Kier molecular flexibility index (Phi) is 7.37. The van der Waals surface area contributed by atoms with Gasteiger partial charge in [-0.05, 0) is 40.7 Å². The molecule has 1 aliphatic carbocycles. The van der Waals surface area contributed by atoms with Crippen LogP contribution in [0.5, 0.6) is 0 Å². The van der Waals surface area contributed by atoms with Gasteiger partial charge in [0.15, 0.2) is 0 Å². The van der Waals surface area contributed by atoms with Gasteiger partial charge in [0.2, 0.25) is 0 Å². The van der Waals surface area contributed by atoms with Crippen molar-refractivity contribution in [3.63, 3.8) is 0 Å². The fraction of sp³-hybridized carbons (Fsp3) is 0.259. The molecule has 4 rings (SSSR count). The van der Waals surface area contributed by atoms with E-state index in [-0.39, 0.29) is 18.9 Å². The number of rotatable bonds is 10. The van der Waals surface area contributed by atoms with Gasteiger partial charge in [-0.25, -0.2) is 9.59 Å². The number of alkyl carbamates (subject to hydrolysis) is 1. The molecule has 6 heteroatoms. The van der Waals surface area contributed by atoms with Crippen LogP contribution in [-0.2, 0) is 20.9 Å². The topological polar surface area (TPSA) is 84.9 Å². The van der Waals surface area contributed by atoms with Crippen LogP contribution in [0.15, 0.2) is 78.9 Å². The van der Waals surface area contributed by atoms with Gasteiger partial charge in [-0.15, -0.1) is 0 Å². The molecule has 3 aromatic carbocycles. The minimum Gasteiger partial charge on any atom is -0.480 e. The molecule has 0 saturated heterocycles. The molecule has 33 heavy (non-hydrogen) atoms. The molecule has 0 radical (unpaired) electrons. The normalized spacial score (nSPS) is 13.1. The summed E-state index contributed by atoms with van der Waals surface area (Å²) in [6, 6.07) is 24.9.